The molecule has 0 saturated heterocycles. The van der Waals surface area contributed by atoms with E-state index in [1.54, 1.807) is 0 Å². The minimum absolute atomic E-state index is 0.832. The molecular formula is C38H25NO. The average Bonchev–Trinajstić information content (AvgIpc) is 3.37. The maximum Gasteiger partial charge on any atom is 0.143 e. The van der Waals surface area contributed by atoms with Gasteiger partial charge < -0.3 is 9.30 Å². The highest BCUT2D eigenvalue weighted by Crippen LogP contribution is 2.47. The van der Waals surface area contributed by atoms with Crippen LogP contribution in [0.3, 0.4) is 0 Å². The molecule has 7 aromatic carbocycles. The van der Waals surface area contributed by atoms with Crippen LogP contribution in [0.1, 0.15) is 0 Å². The van der Waals surface area contributed by atoms with Gasteiger partial charge in [0, 0.05) is 27.2 Å². The number of para-hydroxylation sites is 3. The highest BCUT2D eigenvalue weighted by Gasteiger charge is 2.21. The summed E-state index contributed by atoms with van der Waals surface area (Å²) in [6.45, 7) is 0. The van der Waals surface area contributed by atoms with Gasteiger partial charge in [-0.15, -0.1) is 0 Å². The fourth-order valence-electron chi connectivity index (χ4n) is 6.18. The van der Waals surface area contributed by atoms with Gasteiger partial charge in [-0.3, -0.25) is 0 Å². The Balaban J connectivity index is 1.51. The summed E-state index contributed by atoms with van der Waals surface area (Å²) in [4.78, 5) is 0. The number of benzene rings is 7. The lowest BCUT2D eigenvalue weighted by Gasteiger charge is -2.18. The Morgan fingerprint density at radius 2 is 0.925 bits per heavy atom. The molecule has 2 heteroatoms. The SMILES string of the molecule is c1ccc(Oc2c3ccccc3c(-c3cccc4c3c3ccccc3n4-c3ccccc3)c3ccccc23)cc1. The summed E-state index contributed by atoms with van der Waals surface area (Å²) in [5.74, 6) is 1.72. The number of fused-ring (bicyclic) bond motifs is 5. The Morgan fingerprint density at radius 3 is 1.60 bits per heavy atom. The van der Waals surface area contributed by atoms with Crippen molar-refractivity contribution in [2.75, 3.05) is 0 Å². The van der Waals surface area contributed by atoms with Crippen molar-refractivity contribution in [3.8, 4) is 28.3 Å². The van der Waals surface area contributed by atoms with Crippen LogP contribution in [0, 0.1) is 0 Å². The van der Waals surface area contributed by atoms with E-state index in [2.05, 4.69) is 126 Å². The second-order valence-electron chi connectivity index (χ2n) is 10.1. The van der Waals surface area contributed by atoms with Crippen LogP contribution in [0.15, 0.2) is 152 Å². The molecule has 188 valence electrons. The fraction of sp³-hybridized carbons (Fsp3) is 0. The van der Waals surface area contributed by atoms with Gasteiger partial charge in [0.25, 0.3) is 0 Å². The van der Waals surface area contributed by atoms with Crippen LogP contribution >= 0.6 is 0 Å². The second kappa shape index (κ2) is 9.14. The van der Waals surface area contributed by atoms with E-state index in [0.29, 0.717) is 0 Å². The van der Waals surface area contributed by atoms with E-state index in [0.717, 1.165) is 28.0 Å². The van der Waals surface area contributed by atoms with Gasteiger partial charge in [0.15, 0.2) is 0 Å². The average molecular weight is 512 g/mol. The molecule has 0 radical (unpaired) electrons. The molecule has 1 aromatic heterocycles. The minimum Gasteiger partial charge on any atom is -0.456 e. The van der Waals surface area contributed by atoms with Crippen LogP contribution in [0.4, 0.5) is 0 Å². The number of hydrogen-bond donors (Lipinski definition) is 0. The van der Waals surface area contributed by atoms with E-state index < -0.39 is 0 Å². The molecule has 1 heterocycles. The molecule has 0 aliphatic rings. The third-order valence-electron chi connectivity index (χ3n) is 7.83. The Labute approximate surface area is 232 Å². The van der Waals surface area contributed by atoms with Crippen molar-refractivity contribution < 1.29 is 4.74 Å². The van der Waals surface area contributed by atoms with Crippen LogP contribution in [-0.2, 0) is 0 Å². The third-order valence-corrected chi connectivity index (χ3v) is 7.83. The first-order chi connectivity index (χ1) is 19.9. The van der Waals surface area contributed by atoms with Crippen LogP contribution in [0.25, 0.3) is 60.2 Å². The summed E-state index contributed by atoms with van der Waals surface area (Å²) >= 11 is 0. The van der Waals surface area contributed by atoms with Gasteiger partial charge in [-0.25, -0.2) is 0 Å². The molecule has 0 bridgehead atoms. The number of aromatic nitrogens is 1. The van der Waals surface area contributed by atoms with E-state index in [1.807, 2.05) is 30.3 Å². The zero-order valence-electron chi connectivity index (χ0n) is 21.8. The van der Waals surface area contributed by atoms with Crippen LogP contribution in [0.2, 0.25) is 0 Å². The summed E-state index contributed by atoms with van der Waals surface area (Å²) in [5, 5.41) is 7.06. The molecule has 40 heavy (non-hydrogen) atoms. The summed E-state index contributed by atoms with van der Waals surface area (Å²) in [6.07, 6.45) is 0. The van der Waals surface area contributed by atoms with Crippen molar-refractivity contribution in [1.29, 1.82) is 0 Å². The molecule has 0 spiro atoms. The first kappa shape index (κ1) is 22.6. The minimum atomic E-state index is 0.832. The van der Waals surface area contributed by atoms with E-state index in [9.17, 15) is 0 Å². The summed E-state index contributed by atoms with van der Waals surface area (Å²) in [5.41, 5.74) is 6.01. The van der Waals surface area contributed by atoms with Crippen molar-refractivity contribution in [2.45, 2.75) is 0 Å². The van der Waals surface area contributed by atoms with Crippen molar-refractivity contribution in [3.05, 3.63) is 152 Å². The van der Waals surface area contributed by atoms with Crippen LogP contribution in [-0.4, -0.2) is 4.57 Å². The molecular weight excluding hydrogens is 486 g/mol. The molecule has 0 aliphatic carbocycles. The van der Waals surface area contributed by atoms with E-state index in [4.69, 9.17) is 4.74 Å². The molecule has 0 unspecified atom stereocenters. The smallest absolute Gasteiger partial charge is 0.143 e. The van der Waals surface area contributed by atoms with Gasteiger partial charge in [-0.1, -0.05) is 115 Å². The zero-order valence-corrected chi connectivity index (χ0v) is 21.8. The highest BCUT2D eigenvalue weighted by molar-refractivity contribution is 6.24. The lowest BCUT2D eigenvalue weighted by Crippen LogP contribution is -1.94. The van der Waals surface area contributed by atoms with Gasteiger partial charge >= 0.3 is 0 Å². The Kier molecular flexibility index (Phi) is 5.17. The Morgan fingerprint density at radius 1 is 0.400 bits per heavy atom. The van der Waals surface area contributed by atoms with E-state index >= 15 is 0 Å². The maximum atomic E-state index is 6.61. The fourth-order valence-corrected chi connectivity index (χ4v) is 6.18. The van der Waals surface area contributed by atoms with Crippen molar-refractivity contribution >= 4 is 43.4 Å². The van der Waals surface area contributed by atoms with E-state index in [1.165, 1.54) is 43.7 Å². The van der Waals surface area contributed by atoms with Crippen LogP contribution in [0.5, 0.6) is 11.5 Å². The van der Waals surface area contributed by atoms with E-state index in [-0.39, 0.29) is 0 Å². The van der Waals surface area contributed by atoms with Crippen molar-refractivity contribution in [2.24, 2.45) is 0 Å². The third kappa shape index (κ3) is 3.43. The molecule has 0 N–H and O–H groups in total. The monoisotopic (exact) mass is 511 g/mol. The topological polar surface area (TPSA) is 14.2 Å². The van der Waals surface area contributed by atoms with Gasteiger partial charge in [0.05, 0.1) is 11.0 Å². The molecule has 0 atom stereocenters. The van der Waals surface area contributed by atoms with Crippen molar-refractivity contribution in [3.63, 3.8) is 0 Å². The molecule has 0 amide bonds. The number of nitrogens with zero attached hydrogens (tertiary/aromatic N) is 1. The summed E-state index contributed by atoms with van der Waals surface area (Å²) < 4.78 is 8.99. The molecule has 8 aromatic rings. The standard InChI is InChI=1S/C38H25NO/c1-3-14-26(15-4-1)39-34-24-12-11-22-32(34)37-33(23-13-25-35(37)39)36-28-18-7-9-20-30(28)38(31-21-10-8-19-29(31)36)40-27-16-5-2-6-17-27/h1-25H. The molecule has 0 saturated carbocycles. The zero-order chi connectivity index (χ0) is 26.5. The van der Waals surface area contributed by atoms with Gasteiger partial charge in [-0.2, -0.15) is 0 Å². The van der Waals surface area contributed by atoms with Crippen LogP contribution < -0.4 is 4.74 Å². The van der Waals surface area contributed by atoms with Gasteiger partial charge in [-0.05, 0) is 58.3 Å². The second-order valence-corrected chi connectivity index (χ2v) is 10.1. The lowest BCUT2D eigenvalue weighted by molar-refractivity contribution is 0.494. The normalized spacial score (nSPS) is 11.5. The Bertz CT molecular complexity index is 2120. The summed E-state index contributed by atoms with van der Waals surface area (Å²) in [7, 11) is 0. The largest absolute Gasteiger partial charge is 0.456 e. The quantitative estimate of drug-likeness (QED) is 0.214. The number of rotatable bonds is 4. The predicted octanol–water partition coefficient (Wildman–Crippen LogP) is 10.5. The molecule has 8 rings (SSSR count). The molecule has 2 nitrogen and oxygen atoms in total. The summed E-state index contributed by atoms with van der Waals surface area (Å²) in [6, 6.07) is 53.4. The first-order valence-electron chi connectivity index (χ1n) is 13.6. The van der Waals surface area contributed by atoms with Crippen molar-refractivity contribution in [1.82, 2.24) is 4.57 Å². The Hall–Kier alpha value is -5.34. The van der Waals surface area contributed by atoms with Gasteiger partial charge in [0.2, 0.25) is 0 Å². The maximum absolute atomic E-state index is 6.61. The first-order valence-corrected chi connectivity index (χ1v) is 13.6. The highest BCUT2D eigenvalue weighted by atomic mass is 16.5. The molecule has 0 aliphatic heterocycles. The number of ether oxygens (including phenoxy) is 1. The molecule has 0 fully saturated rings. The number of hydrogen-bond acceptors (Lipinski definition) is 1. The van der Waals surface area contributed by atoms with Gasteiger partial charge in [0.1, 0.15) is 11.5 Å². The lowest BCUT2D eigenvalue weighted by atomic mass is 9.89. The predicted molar refractivity (Wildman–Crippen MR) is 168 cm³/mol.